The Morgan fingerprint density at radius 2 is 2.38 bits per heavy atom. The minimum Gasteiger partial charge on any atom is -0.481 e. The summed E-state index contributed by atoms with van der Waals surface area (Å²) in [4.78, 5) is 12.7. The van der Waals surface area contributed by atoms with Gasteiger partial charge in [-0.05, 0) is 0 Å². The number of ether oxygens (including phenoxy) is 1. The Hall–Kier alpha value is -1.45. The van der Waals surface area contributed by atoms with Crippen LogP contribution in [0.3, 0.4) is 0 Å². The molecule has 0 aliphatic carbocycles. The smallest absolute Gasteiger partial charge is 0.304 e. The predicted molar refractivity (Wildman–Crippen MR) is 72.3 cm³/mol. The summed E-state index contributed by atoms with van der Waals surface area (Å²) in [6, 6.07) is 1.19. The fraction of sp³-hybridized carbons (Fsp3) is 0.667. The number of rotatable bonds is 6. The highest BCUT2D eigenvalue weighted by Crippen LogP contribution is 2.18. The third kappa shape index (κ3) is 4.51. The van der Waals surface area contributed by atoms with E-state index in [1.165, 1.54) is 0 Å². The van der Waals surface area contributed by atoms with Gasteiger partial charge in [-0.2, -0.15) is 0 Å². The highest BCUT2D eigenvalue weighted by Gasteiger charge is 2.33. The van der Waals surface area contributed by atoms with Gasteiger partial charge >= 0.3 is 5.97 Å². The molecular weight excluding hydrogens is 300 g/mol. The van der Waals surface area contributed by atoms with Gasteiger partial charge in [-0.15, -0.1) is 0 Å². The first-order valence-electron chi connectivity index (χ1n) is 6.49. The van der Waals surface area contributed by atoms with Crippen LogP contribution in [0.5, 0.6) is 0 Å². The number of aromatic nitrogens is 1. The van der Waals surface area contributed by atoms with Gasteiger partial charge in [-0.25, -0.2) is 8.42 Å². The molecule has 8 nitrogen and oxygen atoms in total. The first-order valence-corrected chi connectivity index (χ1v) is 8.31. The average molecular weight is 318 g/mol. The summed E-state index contributed by atoms with van der Waals surface area (Å²) in [5.41, 5.74) is 0.636. The maximum Gasteiger partial charge on any atom is 0.304 e. The first kappa shape index (κ1) is 15.9. The van der Waals surface area contributed by atoms with Crippen molar-refractivity contribution in [1.29, 1.82) is 0 Å². The van der Waals surface area contributed by atoms with Crippen molar-refractivity contribution in [1.82, 2.24) is 10.1 Å². The van der Waals surface area contributed by atoms with Gasteiger partial charge in [0.2, 0.25) is 0 Å². The minimum absolute atomic E-state index is 0.0336. The van der Waals surface area contributed by atoms with E-state index in [9.17, 15) is 13.2 Å². The van der Waals surface area contributed by atoms with Crippen molar-refractivity contribution in [2.45, 2.75) is 25.6 Å². The zero-order valence-corrected chi connectivity index (χ0v) is 12.5. The van der Waals surface area contributed by atoms with Gasteiger partial charge in [0, 0.05) is 32.3 Å². The van der Waals surface area contributed by atoms with E-state index in [0.717, 1.165) is 0 Å². The molecule has 1 aliphatic heterocycles. The van der Waals surface area contributed by atoms with Gasteiger partial charge in [-0.3, -0.25) is 9.69 Å². The Balaban J connectivity index is 2.06. The maximum atomic E-state index is 11.7. The van der Waals surface area contributed by atoms with Gasteiger partial charge in [0.15, 0.2) is 15.6 Å². The lowest BCUT2D eigenvalue weighted by molar-refractivity contribution is -0.138. The van der Waals surface area contributed by atoms with Crippen LogP contribution in [0.1, 0.15) is 17.9 Å². The van der Waals surface area contributed by atoms with Gasteiger partial charge in [0.25, 0.3) is 0 Å². The van der Waals surface area contributed by atoms with E-state index in [1.807, 2.05) is 4.90 Å². The monoisotopic (exact) mass is 318 g/mol. The normalized spacial score (nSPS) is 22.2. The molecule has 118 valence electrons. The van der Waals surface area contributed by atoms with E-state index in [0.29, 0.717) is 31.2 Å². The molecule has 1 N–H and O–H groups in total. The standard InChI is InChI=1S/C12H18N2O6S/c1-19-7-11-4-9(13-20-11)6-14-2-3-21(17,18)8-10(14)5-12(15)16/h4,10H,2-3,5-8H2,1H3,(H,15,16). The van der Waals surface area contributed by atoms with Crippen LogP contribution in [0.15, 0.2) is 10.6 Å². The molecular formula is C12H18N2O6S. The molecule has 0 bridgehead atoms. The Labute approximate surface area is 122 Å². The SMILES string of the molecule is COCc1cc(CN2CCS(=O)(=O)CC2CC(=O)O)no1. The molecule has 0 aromatic carbocycles. The molecule has 1 aromatic rings. The zero-order chi connectivity index (χ0) is 15.5. The third-order valence-electron chi connectivity index (χ3n) is 3.32. The molecule has 2 rings (SSSR count). The number of carboxylic acids is 1. The fourth-order valence-corrected chi connectivity index (χ4v) is 3.96. The molecule has 1 unspecified atom stereocenters. The summed E-state index contributed by atoms with van der Waals surface area (Å²) < 4.78 is 33.3. The highest BCUT2D eigenvalue weighted by atomic mass is 32.2. The molecule has 9 heteroatoms. The second-order valence-corrected chi connectivity index (χ2v) is 7.28. The number of aliphatic carboxylic acids is 1. The average Bonchev–Trinajstić information content (AvgIpc) is 2.79. The van der Waals surface area contributed by atoms with Crippen molar-refractivity contribution in [3.8, 4) is 0 Å². The van der Waals surface area contributed by atoms with E-state index in [4.69, 9.17) is 14.4 Å². The van der Waals surface area contributed by atoms with Crippen molar-refractivity contribution in [2.75, 3.05) is 25.2 Å². The Morgan fingerprint density at radius 1 is 1.62 bits per heavy atom. The van der Waals surface area contributed by atoms with E-state index >= 15 is 0 Å². The number of sulfone groups is 1. The molecule has 0 amide bonds. The zero-order valence-electron chi connectivity index (χ0n) is 11.7. The van der Waals surface area contributed by atoms with Gasteiger partial charge in [0.05, 0.1) is 23.6 Å². The summed E-state index contributed by atoms with van der Waals surface area (Å²) in [6.45, 7) is 0.966. The van der Waals surface area contributed by atoms with E-state index < -0.39 is 21.8 Å². The summed E-state index contributed by atoms with van der Waals surface area (Å²) >= 11 is 0. The number of carbonyl (C=O) groups is 1. The van der Waals surface area contributed by atoms with Crippen molar-refractivity contribution < 1.29 is 27.6 Å². The van der Waals surface area contributed by atoms with E-state index in [-0.39, 0.29) is 17.9 Å². The van der Waals surface area contributed by atoms with Crippen LogP contribution < -0.4 is 0 Å². The van der Waals surface area contributed by atoms with Crippen LogP contribution in [0.4, 0.5) is 0 Å². The molecule has 1 atom stereocenters. The largest absolute Gasteiger partial charge is 0.481 e. The molecule has 0 saturated carbocycles. The van der Waals surface area contributed by atoms with Crippen LogP contribution in [0, 0.1) is 0 Å². The predicted octanol–water partition coefficient (Wildman–Crippen LogP) is -0.105. The summed E-state index contributed by atoms with van der Waals surface area (Å²) in [6.07, 6.45) is -0.206. The second kappa shape index (κ2) is 6.54. The molecule has 1 aliphatic rings. The number of hydrogen-bond donors (Lipinski definition) is 1. The lowest BCUT2D eigenvalue weighted by Crippen LogP contribution is -2.48. The lowest BCUT2D eigenvalue weighted by Gasteiger charge is -2.33. The van der Waals surface area contributed by atoms with E-state index in [1.54, 1.807) is 13.2 Å². The van der Waals surface area contributed by atoms with Crippen LogP contribution in [0.2, 0.25) is 0 Å². The number of nitrogens with zero attached hydrogens (tertiary/aromatic N) is 2. The second-order valence-electron chi connectivity index (χ2n) is 5.05. The number of hydrogen-bond acceptors (Lipinski definition) is 7. The maximum absolute atomic E-state index is 11.7. The van der Waals surface area contributed by atoms with Crippen LogP contribution in [-0.2, 0) is 32.5 Å². The molecule has 0 radical (unpaired) electrons. The summed E-state index contributed by atoms with van der Waals surface area (Å²) in [7, 11) is -1.63. The van der Waals surface area contributed by atoms with E-state index in [2.05, 4.69) is 5.16 Å². The van der Waals surface area contributed by atoms with Gasteiger partial charge in [0.1, 0.15) is 6.61 Å². The van der Waals surface area contributed by atoms with Crippen LogP contribution >= 0.6 is 0 Å². The van der Waals surface area contributed by atoms with Crippen molar-refractivity contribution in [3.63, 3.8) is 0 Å². The lowest BCUT2D eigenvalue weighted by atomic mass is 10.2. The number of carboxylic acid groups (broad SMARTS) is 1. The topological polar surface area (TPSA) is 110 Å². The van der Waals surface area contributed by atoms with Gasteiger partial charge < -0.3 is 14.4 Å². The van der Waals surface area contributed by atoms with Crippen LogP contribution in [-0.4, -0.2) is 60.8 Å². The Morgan fingerprint density at radius 3 is 3.05 bits per heavy atom. The Kier molecular flexibility index (Phi) is 4.96. The molecule has 1 fully saturated rings. The number of methoxy groups -OCH3 is 1. The minimum atomic E-state index is -3.17. The molecule has 1 saturated heterocycles. The summed E-state index contributed by atoms with van der Waals surface area (Å²) in [5, 5.41) is 12.8. The highest BCUT2D eigenvalue weighted by molar-refractivity contribution is 7.91. The third-order valence-corrected chi connectivity index (χ3v) is 5.02. The summed E-state index contributed by atoms with van der Waals surface area (Å²) in [5.74, 6) is -0.539. The van der Waals surface area contributed by atoms with Crippen molar-refractivity contribution in [2.24, 2.45) is 0 Å². The molecule has 21 heavy (non-hydrogen) atoms. The fourth-order valence-electron chi connectivity index (χ4n) is 2.37. The van der Waals surface area contributed by atoms with Crippen molar-refractivity contribution in [3.05, 3.63) is 17.5 Å². The molecule has 2 heterocycles. The molecule has 1 aromatic heterocycles. The van der Waals surface area contributed by atoms with Crippen LogP contribution in [0.25, 0.3) is 0 Å². The Bertz CT molecular complexity index is 597. The van der Waals surface area contributed by atoms with Gasteiger partial charge in [-0.1, -0.05) is 5.16 Å². The first-order chi connectivity index (χ1) is 9.89. The molecule has 0 spiro atoms. The van der Waals surface area contributed by atoms with Crippen molar-refractivity contribution >= 4 is 15.8 Å². The quantitative estimate of drug-likeness (QED) is 0.774.